The van der Waals surface area contributed by atoms with Gasteiger partial charge >= 0.3 is 0 Å². The number of fused-ring (bicyclic) bond motifs is 1. The first kappa shape index (κ1) is 25.2. The van der Waals surface area contributed by atoms with Crippen LogP contribution in [0.3, 0.4) is 0 Å². The lowest BCUT2D eigenvalue weighted by atomic mass is 10.2. The van der Waals surface area contributed by atoms with E-state index in [1.807, 2.05) is 24.3 Å². The number of rotatable bonds is 5. The van der Waals surface area contributed by atoms with Gasteiger partial charge in [-0.15, -0.1) is 0 Å². The number of carbonyl (C=O) groups excluding carboxylic acids is 1. The summed E-state index contributed by atoms with van der Waals surface area (Å²) in [5.41, 5.74) is 3.53. The van der Waals surface area contributed by atoms with E-state index in [9.17, 15) is 4.79 Å². The molecule has 0 spiro atoms. The first-order chi connectivity index (χ1) is 17.8. The molecule has 5 aromatic rings. The van der Waals surface area contributed by atoms with Crippen molar-refractivity contribution >= 4 is 85.2 Å². The highest BCUT2D eigenvalue weighted by atomic mass is 79.9. The SMILES string of the molecule is O=C(/C=C/c1ccc(-c2cc(Cl)cc(Cl)c2)o1)NC(=S)Nc1ccc2oc(-c3ccccc3Br)nc2c1. The Balaban J connectivity index is 1.21. The molecule has 37 heavy (non-hydrogen) atoms. The first-order valence-corrected chi connectivity index (χ1v) is 12.8. The van der Waals surface area contributed by atoms with Gasteiger partial charge in [-0.05, 0) is 94.9 Å². The number of benzene rings is 3. The molecule has 2 heterocycles. The number of aromatic nitrogens is 1. The van der Waals surface area contributed by atoms with Crippen molar-refractivity contribution in [2.24, 2.45) is 0 Å². The second kappa shape index (κ2) is 10.9. The molecular formula is C27H16BrCl2N3O3S. The minimum Gasteiger partial charge on any atom is -0.457 e. The lowest BCUT2D eigenvalue weighted by Crippen LogP contribution is -2.32. The van der Waals surface area contributed by atoms with Crippen LogP contribution in [0.15, 0.2) is 92.2 Å². The Morgan fingerprint density at radius 2 is 1.76 bits per heavy atom. The quantitative estimate of drug-likeness (QED) is 0.153. The van der Waals surface area contributed by atoms with Crippen LogP contribution in [0.25, 0.3) is 40.0 Å². The molecule has 0 fully saturated rings. The number of anilines is 1. The number of hydrogen-bond acceptors (Lipinski definition) is 5. The van der Waals surface area contributed by atoms with E-state index in [1.54, 1.807) is 48.5 Å². The molecule has 6 nitrogen and oxygen atoms in total. The molecule has 2 aromatic heterocycles. The predicted octanol–water partition coefficient (Wildman–Crippen LogP) is 8.35. The average Bonchev–Trinajstić information content (AvgIpc) is 3.49. The summed E-state index contributed by atoms with van der Waals surface area (Å²) in [4.78, 5) is 16.9. The fourth-order valence-electron chi connectivity index (χ4n) is 3.52. The predicted molar refractivity (Wildman–Crippen MR) is 155 cm³/mol. The summed E-state index contributed by atoms with van der Waals surface area (Å²) >= 11 is 20.9. The zero-order chi connectivity index (χ0) is 25.9. The standard InChI is InChI=1S/C27H16BrCl2N3O3S/c28-21-4-2-1-3-20(21)26-32-22-14-18(5-8-24(22)36-26)31-27(37)33-25(34)10-7-19-6-9-23(35-19)15-11-16(29)13-17(30)12-15/h1-14H,(H2,31,33,34,37)/b10-7+. The van der Waals surface area contributed by atoms with E-state index in [1.165, 1.54) is 12.2 Å². The smallest absolute Gasteiger partial charge is 0.250 e. The summed E-state index contributed by atoms with van der Waals surface area (Å²) in [6, 6.07) is 21.7. The van der Waals surface area contributed by atoms with Crippen LogP contribution in [0.4, 0.5) is 5.69 Å². The summed E-state index contributed by atoms with van der Waals surface area (Å²) in [5, 5.41) is 6.74. The van der Waals surface area contributed by atoms with Crippen molar-refractivity contribution in [3.05, 3.63) is 99.2 Å². The Morgan fingerprint density at radius 3 is 2.54 bits per heavy atom. The molecule has 0 radical (unpaired) electrons. The van der Waals surface area contributed by atoms with Crippen molar-refractivity contribution in [2.75, 3.05) is 5.32 Å². The van der Waals surface area contributed by atoms with Crippen LogP contribution in [-0.2, 0) is 4.79 Å². The Hall–Kier alpha value is -3.43. The number of nitrogens with zero attached hydrogens (tertiary/aromatic N) is 1. The summed E-state index contributed by atoms with van der Waals surface area (Å²) in [5.74, 6) is 1.14. The van der Waals surface area contributed by atoms with Crippen molar-refractivity contribution < 1.29 is 13.6 Å². The normalized spacial score (nSPS) is 11.2. The number of amides is 1. The Bertz CT molecular complexity index is 1660. The number of nitrogens with one attached hydrogen (secondary N) is 2. The fourth-order valence-corrected chi connectivity index (χ4v) is 4.72. The molecular weight excluding hydrogens is 597 g/mol. The van der Waals surface area contributed by atoms with Crippen LogP contribution in [0.2, 0.25) is 10.0 Å². The largest absolute Gasteiger partial charge is 0.457 e. The van der Waals surface area contributed by atoms with E-state index in [4.69, 9.17) is 44.3 Å². The lowest BCUT2D eigenvalue weighted by Gasteiger charge is -2.07. The fraction of sp³-hybridized carbons (Fsp3) is 0. The number of furan rings is 1. The van der Waals surface area contributed by atoms with Crippen LogP contribution in [0.1, 0.15) is 5.76 Å². The van der Waals surface area contributed by atoms with Crippen molar-refractivity contribution in [2.45, 2.75) is 0 Å². The summed E-state index contributed by atoms with van der Waals surface area (Å²) < 4.78 is 12.5. The molecule has 10 heteroatoms. The summed E-state index contributed by atoms with van der Waals surface area (Å²) in [6.07, 6.45) is 2.87. The summed E-state index contributed by atoms with van der Waals surface area (Å²) in [7, 11) is 0. The maximum absolute atomic E-state index is 12.4. The van der Waals surface area contributed by atoms with Gasteiger partial charge in [0.15, 0.2) is 10.7 Å². The molecule has 0 aliphatic heterocycles. The van der Waals surface area contributed by atoms with E-state index in [-0.39, 0.29) is 5.11 Å². The molecule has 0 aliphatic rings. The Labute approximate surface area is 235 Å². The second-order valence-electron chi connectivity index (χ2n) is 7.82. The number of oxazole rings is 1. The second-order valence-corrected chi connectivity index (χ2v) is 9.95. The zero-order valence-electron chi connectivity index (χ0n) is 18.8. The number of halogens is 3. The third kappa shape index (κ3) is 6.11. The van der Waals surface area contributed by atoms with E-state index >= 15 is 0 Å². The first-order valence-electron chi connectivity index (χ1n) is 10.9. The minimum absolute atomic E-state index is 0.136. The third-order valence-electron chi connectivity index (χ3n) is 5.16. The molecule has 1 amide bonds. The molecule has 0 atom stereocenters. The highest BCUT2D eigenvalue weighted by Gasteiger charge is 2.12. The molecule has 184 valence electrons. The van der Waals surface area contributed by atoms with Crippen molar-refractivity contribution in [1.29, 1.82) is 0 Å². The van der Waals surface area contributed by atoms with Gasteiger partial charge in [-0.1, -0.05) is 35.3 Å². The highest BCUT2D eigenvalue weighted by Crippen LogP contribution is 2.31. The average molecular weight is 613 g/mol. The number of carbonyl (C=O) groups is 1. The van der Waals surface area contributed by atoms with Crippen LogP contribution in [-0.4, -0.2) is 16.0 Å². The van der Waals surface area contributed by atoms with Crippen LogP contribution < -0.4 is 10.6 Å². The van der Waals surface area contributed by atoms with Crippen molar-refractivity contribution in [1.82, 2.24) is 10.3 Å². The van der Waals surface area contributed by atoms with Gasteiger partial charge in [-0.3, -0.25) is 10.1 Å². The van der Waals surface area contributed by atoms with Crippen molar-refractivity contribution in [3.8, 4) is 22.8 Å². The number of thiocarbonyl (C=S) groups is 1. The maximum atomic E-state index is 12.4. The lowest BCUT2D eigenvalue weighted by molar-refractivity contribution is -0.115. The monoisotopic (exact) mass is 611 g/mol. The van der Waals surface area contributed by atoms with Gasteiger partial charge < -0.3 is 14.2 Å². The van der Waals surface area contributed by atoms with E-state index < -0.39 is 5.91 Å². The molecule has 0 aliphatic carbocycles. The molecule has 3 aromatic carbocycles. The number of hydrogen-bond donors (Lipinski definition) is 2. The minimum atomic E-state index is -0.417. The van der Waals surface area contributed by atoms with Gasteiger partial charge in [-0.2, -0.15) is 0 Å². The molecule has 0 bridgehead atoms. The molecule has 0 saturated heterocycles. The highest BCUT2D eigenvalue weighted by molar-refractivity contribution is 9.10. The van der Waals surface area contributed by atoms with Crippen LogP contribution in [0, 0.1) is 0 Å². The topological polar surface area (TPSA) is 80.3 Å². The van der Waals surface area contributed by atoms with Gasteiger partial charge in [0.1, 0.15) is 17.0 Å². The van der Waals surface area contributed by atoms with Crippen LogP contribution in [0.5, 0.6) is 0 Å². The maximum Gasteiger partial charge on any atom is 0.250 e. The Morgan fingerprint density at radius 1 is 0.973 bits per heavy atom. The van der Waals surface area contributed by atoms with E-state index in [2.05, 4.69) is 31.5 Å². The molecule has 0 saturated carbocycles. The van der Waals surface area contributed by atoms with E-state index in [0.717, 1.165) is 15.6 Å². The molecule has 0 unspecified atom stereocenters. The van der Waals surface area contributed by atoms with Gasteiger partial charge in [0, 0.05) is 31.8 Å². The van der Waals surface area contributed by atoms with Gasteiger partial charge in [0.25, 0.3) is 0 Å². The van der Waals surface area contributed by atoms with Gasteiger partial charge in [0.05, 0.1) is 5.56 Å². The van der Waals surface area contributed by atoms with Crippen molar-refractivity contribution in [3.63, 3.8) is 0 Å². The summed E-state index contributed by atoms with van der Waals surface area (Å²) in [6.45, 7) is 0. The van der Waals surface area contributed by atoms with Gasteiger partial charge in [-0.25, -0.2) is 4.98 Å². The molecule has 5 rings (SSSR count). The Kier molecular flexibility index (Phi) is 7.43. The van der Waals surface area contributed by atoms with Gasteiger partial charge in [0.2, 0.25) is 11.8 Å². The van der Waals surface area contributed by atoms with E-state index in [0.29, 0.717) is 44.2 Å². The zero-order valence-corrected chi connectivity index (χ0v) is 22.7. The third-order valence-corrected chi connectivity index (χ3v) is 6.49. The van der Waals surface area contributed by atoms with Crippen LogP contribution >= 0.6 is 51.3 Å². The molecule has 2 N–H and O–H groups in total.